The lowest BCUT2D eigenvalue weighted by molar-refractivity contribution is 0.248. The number of ether oxygens (including phenoxy) is 1. The Kier molecular flexibility index (Phi) is 7.83. The van der Waals surface area contributed by atoms with E-state index >= 15 is 8.60 Å². The predicted octanol–water partition coefficient (Wildman–Crippen LogP) is 7.28. The summed E-state index contributed by atoms with van der Waals surface area (Å²) in [6, 6.07) is 27.8. The van der Waals surface area contributed by atoms with Crippen LogP contribution in [0.5, 0.6) is 5.88 Å². The van der Waals surface area contributed by atoms with Gasteiger partial charge in [0, 0.05) is 18.5 Å². The number of hydrogen-bond donors (Lipinski definition) is 2. The quantitative estimate of drug-likeness (QED) is 0.177. The Morgan fingerprint density at radius 1 is 0.898 bits per heavy atom. The molecule has 11 heteroatoms. The van der Waals surface area contributed by atoms with Crippen LogP contribution >= 0.6 is 0 Å². The molecule has 8 rings (SSSR count). The molecule has 3 atom stereocenters. The average Bonchev–Trinajstić information content (AvgIpc) is 3.91. The average molecular weight is 680 g/mol. The van der Waals surface area contributed by atoms with E-state index < -0.39 is 27.7 Å². The molecule has 49 heavy (non-hydrogen) atoms. The van der Waals surface area contributed by atoms with Crippen molar-refractivity contribution >= 4 is 21.6 Å². The molecular weight excluding hydrogens is 645 g/mol. The minimum Gasteiger partial charge on any atom is -0.472 e. The lowest BCUT2D eigenvalue weighted by Gasteiger charge is -2.37. The fourth-order valence-corrected chi connectivity index (χ4v) is 9.48. The summed E-state index contributed by atoms with van der Waals surface area (Å²) in [6.45, 7) is 2.32. The summed E-state index contributed by atoms with van der Waals surface area (Å²) in [6.07, 6.45) is 1.67. The zero-order chi connectivity index (χ0) is 33.8. The molecule has 2 unspecified atom stereocenters. The van der Waals surface area contributed by atoms with Gasteiger partial charge < -0.3 is 10.1 Å². The monoisotopic (exact) mass is 679 g/mol. The lowest BCUT2D eigenvalue weighted by Crippen LogP contribution is -2.48. The second-order valence-corrected chi connectivity index (χ2v) is 14.8. The maximum atomic E-state index is 15.8. The number of nitrogens with zero attached hydrogens (tertiary/aromatic N) is 3. The van der Waals surface area contributed by atoms with Gasteiger partial charge in [0.05, 0.1) is 12.7 Å². The van der Waals surface area contributed by atoms with E-state index in [1.807, 2.05) is 97.9 Å². The molecule has 1 aliphatic heterocycles. The van der Waals surface area contributed by atoms with Gasteiger partial charge in [-0.3, -0.25) is 0 Å². The van der Waals surface area contributed by atoms with Gasteiger partial charge in [-0.1, -0.05) is 91.0 Å². The zero-order valence-corrected chi connectivity index (χ0v) is 27.7. The number of nitrogens with one attached hydrogen (secondary N) is 2. The Labute approximate surface area is 283 Å². The highest BCUT2D eigenvalue weighted by Gasteiger charge is 2.43. The topological polar surface area (TPSA) is 97.6 Å². The van der Waals surface area contributed by atoms with Crippen LogP contribution in [0.4, 0.5) is 19.3 Å². The lowest BCUT2D eigenvalue weighted by atomic mass is 9.78. The van der Waals surface area contributed by atoms with E-state index in [-0.39, 0.29) is 35.5 Å². The third-order valence-electron chi connectivity index (χ3n) is 9.72. The van der Waals surface area contributed by atoms with Crippen LogP contribution in [0.3, 0.4) is 0 Å². The minimum absolute atomic E-state index is 0.00937. The van der Waals surface area contributed by atoms with Gasteiger partial charge in [-0.2, -0.15) is 5.10 Å². The number of hydrogen-bond acceptors (Lipinski definition) is 4. The summed E-state index contributed by atoms with van der Waals surface area (Å²) in [5.74, 6) is -0.114. The Hall–Kier alpha value is -4.87. The predicted molar refractivity (Wildman–Crippen MR) is 183 cm³/mol. The van der Waals surface area contributed by atoms with Crippen LogP contribution in [0.25, 0.3) is 0 Å². The first-order chi connectivity index (χ1) is 23.8. The molecule has 0 saturated carbocycles. The normalized spacial score (nSPS) is 19.0. The molecule has 2 aliphatic carbocycles. The number of anilines is 1. The smallest absolute Gasteiger partial charge is 0.354 e. The van der Waals surface area contributed by atoms with Gasteiger partial charge >= 0.3 is 6.03 Å². The van der Waals surface area contributed by atoms with Crippen LogP contribution in [0, 0.1) is 5.82 Å². The first-order valence-corrected chi connectivity index (χ1v) is 18.0. The molecule has 5 aromatic rings. The molecule has 0 radical (unpaired) electrons. The SMILES string of the molecule is CC1Cn2ncc(S(=O)(=NC(=O)Nc3c4c(c(F)c5c3C[C@@H](F)C5)CCC4)NC(c3ccccc3)(c3ccccc3)c3ccccc3)c2O1. The molecule has 0 bridgehead atoms. The van der Waals surface area contributed by atoms with E-state index in [4.69, 9.17) is 4.74 Å². The number of fused-ring (bicyclic) bond motifs is 3. The molecular formula is C38H35F2N5O3S. The van der Waals surface area contributed by atoms with Gasteiger partial charge in [0.2, 0.25) is 5.88 Å². The van der Waals surface area contributed by atoms with E-state index in [2.05, 4.69) is 19.5 Å². The highest BCUT2D eigenvalue weighted by Crippen LogP contribution is 2.43. The number of halogens is 2. The van der Waals surface area contributed by atoms with Crippen LogP contribution < -0.4 is 14.8 Å². The molecule has 8 nitrogen and oxygen atoms in total. The van der Waals surface area contributed by atoms with Crippen molar-refractivity contribution in [1.82, 2.24) is 14.5 Å². The molecule has 2 amide bonds. The Balaban J connectivity index is 1.33. The molecule has 1 aromatic heterocycles. The number of amides is 2. The van der Waals surface area contributed by atoms with Gasteiger partial charge in [-0.05, 0) is 65.1 Å². The largest absolute Gasteiger partial charge is 0.472 e. The number of benzene rings is 4. The molecule has 0 spiro atoms. The second kappa shape index (κ2) is 12.2. The van der Waals surface area contributed by atoms with E-state index in [9.17, 15) is 9.18 Å². The Morgan fingerprint density at radius 3 is 2.08 bits per heavy atom. The van der Waals surface area contributed by atoms with Crippen LogP contribution in [0.15, 0.2) is 106 Å². The van der Waals surface area contributed by atoms with Crippen LogP contribution in [-0.2, 0) is 47.7 Å². The molecule has 0 saturated heterocycles. The number of alkyl halides is 1. The van der Waals surface area contributed by atoms with Gasteiger partial charge in [0.1, 0.15) is 28.5 Å². The maximum Gasteiger partial charge on any atom is 0.354 e. The summed E-state index contributed by atoms with van der Waals surface area (Å²) >= 11 is 0. The summed E-state index contributed by atoms with van der Waals surface area (Å²) in [7, 11) is -3.94. The van der Waals surface area contributed by atoms with Gasteiger partial charge in [-0.25, -0.2) is 27.2 Å². The summed E-state index contributed by atoms with van der Waals surface area (Å²) in [5, 5.41) is 7.33. The standard InChI is InChI=1S/C38H35F2N5O3S/c1-24-23-45-36(48-24)33(22-41-45)49(47,43-37(46)42-35-30-19-11-18-29(30)34(40)31-20-28(39)21-32(31)35)44-38(25-12-5-2-6-13-25,26-14-7-3-8-15-26)27-16-9-4-10-17-27/h2-10,12-17,22,24,28H,11,18-21,23H2,1H3,(H2,42,43,44,46,47)/t24?,28-,49?/m0/s1. The van der Waals surface area contributed by atoms with Crippen LogP contribution in [0.2, 0.25) is 0 Å². The second-order valence-electron chi connectivity index (χ2n) is 12.9. The maximum absolute atomic E-state index is 15.8. The fourth-order valence-electron chi connectivity index (χ4n) is 7.60. The van der Waals surface area contributed by atoms with Gasteiger partial charge in [-0.15, -0.1) is 4.36 Å². The van der Waals surface area contributed by atoms with Crippen molar-refractivity contribution in [2.24, 2.45) is 4.36 Å². The summed E-state index contributed by atoms with van der Waals surface area (Å²) in [5.41, 5.74) is 3.30. The Morgan fingerprint density at radius 2 is 1.47 bits per heavy atom. The van der Waals surface area contributed by atoms with Crippen molar-refractivity contribution < 1.29 is 22.5 Å². The van der Waals surface area contributed by atoms with Crippen molar-refractivity contribution in [1.29, 1.82) is 0 Å². The van der Waals surface area contributed by atoms with Crippen molar-refractivity contribution in [2.75, 3.05) is 5.32 Å². The molecule has 2 heterocycles. The number of aromatic nitrogens is 2. The third kappa shape index (κ3) is 5.32. The summed E-state index contributed by atoms with van der Waals surface area (Å²) in [4.78, 5) is 14.3. The van der Waals surface area contributed by atoms with E-state index in [1.54, 1.807) is 4.68 Å². The van der Waals surface area contributed by atoms with Crippen molar-refractivity contribution in [3.05, 3.63) is 142 Å². The number of rotatable bonds is 7. The highest BCUT2D eigenvalue weighted by atomic mass is 32.2. The summed E-state index contributed by atoms with van der Waals surface area (Å²) < 4.78 is 61.6. The van der Waals surface area contributed by atoms with Crippen LogP contribution in [-0.4, -0.2) is 32.3 Å². The third-order valence-corrected chi connectivity index (χ3v) is 11.6. The minimum atomic E-state index is -3.94. The Bertz CT molecular complexity index is 2090. The van der Waals surface area contributed by atoms with Crippen LogP contribution in [0.1, 0.15) is 52.3 Å². The number of carbonyl (C=O) groups is 1. The first-order valence-electron chi connectivity index (χ1n) is 16.5. The molecule has 0 fully saturated rings. The fraction of sp³-hybridized carbons (Fsp3) is 0.263. The number of carbonyl (C=O) groups excluding carboxylic acids is 1. The van der Waals surface area contributed by atoms with E-state index in [0.29, 0.717) is 47.3 Å². The molecule has 4 aromatic carbocycles. The van der Waals surface area contributed by atoms with Crippen molar-refractivity contribution in [3.8, 4) is 5.88 Å². The molecule has 250 valence electrons. The van der Waals surface area contributed by atoms with E-state index in [1.165, 1.54) is 6.20 Å². The first kappa shape index (κ1) is 31.4. The molecule has 2 N–H and O–H groups in total. The molecule has 3 aliphatic rings. The van der Waals surface area contributed by atoms with Crippen molar-refractivity contribution in [2.45, 2.75) is 68.3 Å². The van der Waals surface area contributed by atoms with Gasteiger partial charge in [0.15, 0.2) is 9.92 Å². The highest BCUT2D eigenvalue weighted by molar-refractivity contribution is 7.92. The van der Waals surface area contributed by atoms with E-state index in [0.717, 1.165) is 23.1 Å². The van der Waals surface area contributed by atoms with Crippen molar-refractivity contribution in [3.63, 3.8) is 0 Å². The zero-order valence-electron chi connectivity index (χ0n) is 26.9. The van der Waals surface area contributed by atoms with Gasteiger partial charge in [0.25, 0.3) is 0 Å². The number of urea groups is 1.